The van der Waals surface area contributed by atoms with Gasteiger partial charge in [0.1, 0.15) is 12.2 Å². The van der Waals surface area contributed by atoms with Crippen LogP contribution in [-0.4, -0.2) is 34.4 Å². The largest absolute Gasteiger partial charge is 0.341 e. The maximum atomic E-state index is 12.8. The number of carbonyl (C=O) groups excluding carboxylic acids is 2. The predicted molar refractivity (Wildman–Crippen MR) is 105 cm³/mol. The van der Waals surface area contributed by atoms with Crippen molar-refractivity contribution < 1.29 is 9.59 Å². The molecule has 0 atom stereocenters. The number of pyridine rings is 1. The highest BCUT2D eigenvalue weighted by molar-refractivity contribution is 6.04. The van der Waals surface area contributed by atoms with Crippen LogP contribution in [0, 0.1) is 13.8 Å². The highest BCUT2D eigenvalue weighted by Gasteiger charge is 2.19. The minimum atomic E-state index is -0.360. The molecule has 6 heteroatoms. The van der Waals surface area contributed by atoms with E-state index in [9.17, 15) is 14.4 Å². The monoisotopic (exact) mass is 367 g/mol. The van der Waals surface area contributed by atoms with E-state index in [0.717, 1.165) is 37.9 Å². The second kappa shape index (κ2) is 8.20. The Morgan fingerprint density at radius 3 is 2.30 bits per heavy atom. The summed E-state index contributed by atoms with van der Waals surface area (Å²) in [5, 5.41) is 2.67. The Labute approximate surface area is 158 Å². The zero-order valence-corrected chi connectivity index (χ0v) is 15.8. The summed E-state index contributed by atoms with van der Waals surface area (Å²) >= 11 is 0. The predicted octanol–water partition coefficient (Wildman–Crippen LogP) is 2.73. The van der Waals surface area contributed by atoms with E-state index in [0.29, 0.717) is 11.3 Å². The highest BCUT2D eigenvalue weighted by atomic mass is 16.2. The number of hydrogen-bond donors (Lipinski definition) is 1. The summed E-state index contributed by atoms with van der Waals surface area (Å²) in [6, 6.07) is 10.5. The third kappa shape index (κ3) is 4.45. The molecule has 1 aromatic heterocycles. The maximum Gasteiger partial charge on any atom is 0.274 e. The first kappa shape index (κ1) is 18.9. The molecule has 2 heterocycles. The lowest BCUT2D eigenvalue weighted by atomic mass is 10.1. The Morgan fingerprint density at radius 2 is 1.63 bits per heavy atom. The van der Waals surface area contributed by atoms with E-state index in [1.54, 1.807) is 31.2 Å². The zero-order valence-electron chi connectivity index (χ0n) is 15.8. The van der Waals surface area contributed by atoms with Crippen LogP contribution in [0.25, 0.3) is 0 Å². The number of anilines is 1. The van der Waals surface area contributed by atoms with Gasteiger partial charge in [0.2, 0.25) is 5.91 Å². The molecule has 142 valence electrons. The second-order valence-corrected chi connectivity index (χ2v) is 7.04. The van der Waals surface area contributed by atoms with Crippen molar-refractivity contribution in [3.63, 3.8) is 0 Å². The third-order valence-corrected chi connectivity index (χ3v) is 4.96. The van der Waals surface area contributed by atoms with Crippen molar-refractivity contribution in [2.75, 3.05) is 18.4 Å². The fraction of sp³-hybridized carbons (Fsp3) is 0.381. The Hall–Kier alpha value is -2.89. The molecule has 0 unspecified atom stereocenters. The maximum absolute atomic E-state index is 12.8. The van der Waals surface area contributed by atoms with Gasteiger partial charge in [0, 0.05) is 24.3 Å². The van der Waals surface area contributed by atoms with Crippen LogP contribution in [0.4, 0.5) is 5.69 Å². The summed E-state index contributed by atoms with van der Waals surface area (Å²) in [5.41, 5.74) is 2.05. The van der Waals surface area contributed by atoms with E-state index in [-0.39, 0.29) is 29.6 Å². The number of benzene rings is 1. The van der Waals surface area contributed by atoms with Crippen molar-refractivity contribution in [1.82, 2.24) is 9.47 Å². The van der Waals surface area contributed by atoms with E-state index >= 15 is 0 Å². The van der Waals surface area contributed by atoms with Crippen LogP contribution in [0.15, 0.2) is 41.2 Å². The molecular weight excluding hydrogens is 342 g/mol. The fourth-order valence-electron chi connectivity index (χ4n) is 3.24. The van der Waals surface area contributed by atoms with E-state index in [4.69, 9.17) is 0 Å². The number of likely N-dealkylation sites (tertiary alicyclic amines) is 1. The first-order valence-electron chi connectivity index (χ1n) is 9.32. The second-order valence-electron chi connectivity index (χ2n) is 7.04. The lowest BCUT2D eigenvalue weighted by Gasteiger charge is -2.27. The minimum Gasteiger partial charge on any atom is -0.341 e. The first-order valence-corrected chi connectivity index (χ1v) is 9.32. The molecule has 0 spiro atoms. The Balaban J connectivity index is 1.78. The van der Waals surface area contributed by atoms with Gasteiger partial charge in [-0.2, -0.15) is 0 Å². The molecule has 0 bridgehead atoms. The van der Waals surface area contributed by atoms with Crippen LogP contribution < -0.4 is 10.9 Å². The Bertz CT molecular complexity index is 894. The van der Waals surface area contributed by atoms with Gasteiger partial charge >= 0.3 is 0 Å². The summed E-state index contributed by atoms with van der Waals surface area (Å²) in [6.45, 7) is 5.22. The molecule has 1 aromatic carbocycles. The van der Waals surface area contributed by atoms with E-state index in [1.807, 2.05) is 24.0 Å². The number of piperidine rings is 1. The molecular formula is C21H25N3O3. The van der Waals surface area contributed by atoms with Crippen LogP contribution >= 0.6 is 0 Å². The molecule has 1 saturated heterocycles. The van der Waals surface area contributed by atoms with Crippen LogP contribution in [0.3, 0.4) is 0 Å². The molecule has 1 aliphatic rings. The van der Waals surface area contributed by atoms with Crippen molar-refractivity contribution in [2.45, 2.75) is 39.7 Å². The number of carbonyl (C=O) groups is 2. The average molecular weight is 367 g/mol. The van der Waals surface area contributed by atoms with Gasteiger partial charge in [0.15, 0.2) is 0 Å². The normalized spacial score (nSPS) is 14.1. The van der Waals surface area contributed by atoms with E-state index in [1.165, 1.54) is 4.57 Å². The molecule has 1 fully saturated rings. The summed E-state index contributed by atoms with van der Waals surface area (Å²) in [7, 11) is 0. The molecule has 6 nitrogen and oxygen atoms in total. The van der Waals surface area contributed by atoms with Gasteiger partial charge in [-0.05, 0) is 57.4 Å². The summed E-state index contributed by atoms with van der Waals surface area (Å²) in [4.78, 5) is 39.6. The summed E-state index contributed by atoms with van der Waals surface area (Å²) < 4.78 is 1.43. The van der Waals surface area contributed by atoms with Crippen molar-refractivity contribution in [1.29, 1.82) is 0 Å². The van der Waals surface area contributed by atoms with Gasteiger partial charge in [0.25, 0.3) is 11.5 Å². The molecule has 1 aliphatic heterocycles. The SMILES string of the molecule is Cc1ccc(C(=O)Nc2ccc(C)n(CC(=O)N3CCCCC3)c2=O)cc1. The molecule has 0 aliphatic carbocycles. The van der Waals surface area contributed by atoms with Gasteiger partial charge in [-0.25, -0.2) is 0 Å². The number of nitrogens with one attached hydrogen (secondary N) is 1. The van der Waals surface area contributed by atoms with Gasteiger partial charge in [0.05, 0.1) is 0 Å². The quantitative estimate of drug-likeness (QED) is 0.903. The van der Waals surface area contributed by atoms with Gasteiger partial charge in [-0.3, -0.25) is 14.4 Å². The molecule has 27 heavy (non-hydrogen) atoms. The molecule has 3 rings (SSSR count). The van der Waals surface area contributed by atoms with Crippen LogP contribution in [0.1, 0.15) is 40.9 Å². The van der Waals surface area contributed by atoms with Crippen molar-refractivity contribution >= 4 is 17.5 Å². The van der Waals surface area contributed by atoms with Crippen LogP contribution in [0.5, 0.6) is 0 Å². The lowest BCUT2D eigenvalue weighted by Crippen LogP contribution is -2.40. The average Bonchev–Trinajstić information content (AvgIpc) is 2.68. The Kier molecular flexibility index (Phi) is 5.74. The molecule has 2 amide bonds. The number of amides is 2. The van der Waals surface area contributed by atoms with Crippen LogP contribution in [-0.2, 0) is 11.3 Å². The number of nitrogens with zero attached hydrogens (tertiary/aromatic N) is 2. The first-order chi connectivity index (χ1) is 13.0. The molecule has 0 saturated carbocycles. The van der Waals surface area contributed by atoms with Gasteiger partial charge in [-0.15, -0.1) is 0 Å². The number of rotatable bonds is 4. The van der Waals surface area contributed by atoms with E-state index in [2.05, 4.69) is 5.32 Å². The van der Waals surface area contributed by atoms with Crippen LogP contribution in [0.2, 0.25) is 0 Å². The smallest absolute Gasteiger partial charge is 0.274 e. The third-order valence-electron chi connectivity index (χ3n) is 4.96. The summed E-state index contributed by atoms with van der Waals surface area (Å²) in [6.07, 6.45) is 3.15. The molecule has 0 radical (unpaired) electrons. The van der Waals surface area contributed by atoms with E-state index < -0.39 is 0 Å². The minimum absolute atomic E-state index is 0.00108. The van der Waals surface area contributed by atoms with Crippen molar-refractivity contribution in [3.05, 3.63) is 63.6 Å². The topological polar surface area (TPSA) is 71.4 Å². The molecule has 2 aromatic rings. The molecule has 1 N–H and O–H groups in total. The fourth-order valence-corrected chi connectivity index (χ4v) is 3.24. The van der Waals surface area contributed by atoms with Gasteiger partial charge in [-0.1, -0.05) is 17.7 Å². The zero-order chi connectivity index (χ0) is 19.4. The highest BCUT2D eigenvalue weighted by Crippen LogP contribution is 2.11. The number of aryl methyl sites for hydroxylation is 2. The van der Waals surface area contributed by atoms with Crippen molar-refractivity contribution in [3.8, 4) is 0 Å². The number of hydrogen-bond acceptors (Lipinski definition) is 3. The number of aromatic nitrogens is 1. The Morgan fingerprint density at radius 1 is 0.963 bits per heavy atom. The lowest BCUT2D eigenvalue weighted by molar-refractivity contribution is -0.132. The summed E-state index contributed by atoms with van der Waals surface area (Å²) in [5.74, 6) is -0.397. The van der Waals surface area contributed by atoms with Gasteiger partial charge < -0.3 is 14.8 Å². The van der Waals surface area contributed by atoms with Crippen molar-refractivity contribution in [2.24, 2.45) is 0 Å². The standard InChI is InChI=1S/C21H25N3O3/c1-15-6-9-17(10-7-15)20(26)22-18-11-8-16(2)24(21(18)27)14-19(25)23-12-4-3-5-13-23/h6-11H,3-5,12-14H2,1-2H3,(H,22,26).